The lowest BCUT2D eigenvalue weighted by molar-refractivity contribution is -0.137. The van der Waals surface area contributed by atoms with Crippen LogP contribution in [0.4, 0.5) is 17.6 Å². The smallest absolute Gasteiger partial charge is 0.416 e. The Balaban J connectivity index is 2.43. The van der Waals surface area contributed by atoms with E-state index >= 15 is 0 Å². The topological polar surface area (TPSA) is 39.2 Å². The summed E-state index contributed by atoms with van der Waals surface area (Å²) >= 11 is 6.32. The van der Waals surface area contributed by atoms with Crippen molar-refractivity contribution in [1.29, 1.82) is 0 Å². The highest BCUT2D eigenvalue weighted by Crippen LogP contribution is 2.37. The molecular formula is C19H11Br2F4NO2. The second-order valence-electron chi connectivity index (χ2n) is 5.78. The summed E-state index contributed by atoms with van der Waals surface area (Å²) in [5, 5.41) is 0.307. The van der Waals surface area contributed by atoms with Gasteiger partial charge >= 0.3 is 12.1 Å². The van der Waals surface area contributed by atoms with E-state index in [0.717, 1.165) is 12.1 Å². The minimum atomic E-state index is -4.55. The van der Waals surface area contributed by atoms with Crippen LogP contribution in [-0.2, 0) is 16.2 Å². The fraction of sp³-hybridized carbons (Fsp3) is 0.158. The number of methoxy groups -OCH3 is 1. The SMILES string of the molecule is COC(=O)c1c(CBr)c(-c2cccc(C(F)(F)F)c2)nc2c(F)c(Br)ccc12. The molecule has 0 radical (unpaired) electrons. The lowest BCUT2D eigenvalue weighted by Gasteiger charge is -2.16. The van der Waals surface area contributed by atoms with Crippen molar-refractivity contribution in [1.82, 2.24) is 4.98 Å². The van der Waals surface area contributed by atoms with Crippen LogP contribution in [0.25, 0.3) is 22.2 Å². The van der Waals surface area contributed by atoms with Gasteiger partial charge in [-0.05, 0) is 34.1 Å². The van der Waals surface area contributed by atoms with Crippen LogP contribution >= 0.6 is 31.9 Å². The van der Waals surface area contributed by atoms with E-state index in [1.165, 1.54) is 31.4 Å². The first kappa shape index (κ1) is 20.7. The molecule has 0 aliphatic carbocycles. The summed E-state index contributed by atoms with van der Waals surface area (Å²) in [6.45, 7) is 0. The number of pyridine rings is 1. The molecule has 9 heteroatoms. The first-order valence-electron chi connectivity index (χ1n) is 7.81. The first-order valence-corrected chi connectivity index (χ1v) is 9.73. The maximum atomic E-state index is 14.7. The van der Waals surface area contributed by atoms with E-state index in [-0.39, 0.29) is 37.5 Å². The molecule has 0 N–H and O–H groups in total. The number of rotatable bonds is 3. The number of alkyl halides is 4. The van der Waals surface area contributed by atoms with E-state index < -0.39 is 23.5 Å². The highest BCUT2D eigenvalue weighted by Gasteiger charge is 2.31. The van der Waals surface area contributed by atoms with Crippen LogP contribution in [0.3, 0.4) is 0 Å². The molecule has 0 aliphatic rings. The molecule has 1 heterocycles. The van der Waals surface area contributed by atoms with Crippen LogP contribution in [0.15, 0.2) is 40.9 Å². The van der Waals surface area contributed by atoms with E-state index in [2.05, 4.69) is 36.8 Å². The molecule has 0 spiro atoms. The van der Waals surface area contributed by atoms with Crippen molar-refractivity contribution in [2.75, 3.05) is 7.11 Å². The molecule has 0 fully saturated rings. The van der Waals surface area contributed by atoms with Crippen molar-refractivity contribution >= 4 is 48.7 Å². The van der Waals surface area contributed by atoms with Crippen LogP contribution in [0.1, 0.15) is 21.5 Å². The van der Waals surface area contributed by atoms with E-state index in [9.17, 15) is 22.4 Å². The third-order valence-corrected chi connectivity index (χ3v) is 5.31. The molecule has 1 aromatic heterocycles. The Morgan fingerprint density at radius 1 is 1.21 bits per heavy atom. The lowest BCUT2D eigenvalue weighted by Crippen LogP contribution is -2.10. The van der Waals surface area contributed by atoms with E-state index in [0.29, 0.717) is 5.56 Å². The molecule has 0 amide bonds. The molecular weight excluding hydrogens is 510 g/mol. The number of benzene rings is 2. The Labute approximate surface area is 174 Å². The zero-order chi connectivity index (χ0) is 20.6. The quantitative estimate of drug-likeness (QED) is 0.225. The molecule has 2 aromatic carbocycles. The van der Waals surface area contributed by atoms with Gasteiger partial charge in [-0.15, -0.1) is 0 Å². The summed E-state index contributed by atoms with van der Waals surface area (Å²) in [6, 6.07) is 7.43. The van der Waals surface area contributed by atoms with Gasteiger partial charge in [-0.3, -0.25) is 0 Å². The Morgan fingerprint density at radius 2 is 1.93 bits per heavy atom. The predicted octanol–water partition coefficient (Wildman–Crippen LogP) is 6.50. The maximum absolute atomic E-state index is 14.7. The zero-order valence-electron chi connectivity index (χ0n) is 14.2. The second kappa shape index (κ2) is 7.79. The van der Waals surface area contributed by atoms with Crippen molar-refractivity contribution < 1.29 is 27.1 Å². The number of hydrogen-bond donors (Lipinski definition) is 0. The minimum Gasteiger partial charge on any atom is -0.465 e. The number of carbonyl (C=O) groups excluding carboxylic acids is 1. The summed E-state index contributed by atoms with van der Waals surface area (Å²) in [6.07, 6.45) is -4.55. The van der Waals surface area contributed by atoms with Gasteiger partial charge in [0.15, 0.2) is 5.82 Å². The normalized spacial score (nSPS) is 11.7. The predicted molar refractivity (Wildman–Crippen MR) is 104 cm³/mol. The number of nitrogens with zero attached hydrogens (tertiary/aromatic N) is 1. The Kier molecular flexibility index (Phi) is 5.77. The van der Waals surface area contributed by atoms with Gasteiger partial charge in [-0.1, -0.05) is 34.1 Å². The Morgan fingerprint density at radius 3 is 2.54 bits per heavy atom. The zero-order valence-corrected chi connectivity index (χ0v) is 17.4. The molecule has 28 heavy (non-hydrogen) atoms. The van der Waals surface area contributed by atoms with Gasteiger partial charge in [0.05, 0.1) is 28.4 Å². The largest absolute Gasteiger partial charge is 0.465 e. The highest BCUT2D eigenvalue weighted by molar-refractivity contribution is 9.10. The van der Waals surface area contributed by atoms with Crippen molar-refractivity contribution in [3.8, 4) is 11.3 Å². The van der Waals surface area contributed by atoms with E-state index in [4.69, 9.17) is 4.74 Å². The summed E-state index contributed by atoms with van der Waals surface area (Å²) in [4.78, 5) is 16.7. The molecule has 3 rings (SSSR count). The molecule has 0 saturated carbocycles. The van der Waals surface area contributed by atoms with E-state index in [1.54, 1.807) is 0 Å². The number of ether oxygens (including phenoxy) is 1. The van der Waals surface area contributed by atoms with Gasteiger partial charge in [0, 0.05) is 21.8 Å². The van der Waals surface area contributed by atoms with Gasteiger partial charge in [-0.25, -0.2) is 14.2 Å². The molecule has 0 aliphatic heterocycles. The number of aromatic nitrogens is 1. The molecule has 146 valence electrons. The lowest BCUT2D eigenvalue weighted by atomic mass is 9.96. The third kappa shape index (κ3) is 3.65. The molecule has 3 nitrogen and oxygen atoms in total. The summed E-state index contributed by atoms with van der Waals surface area (Å²) < 4.78 is 59.0. The summed E-state index contributed by atoms with van der Waals surface area (Å²) in [5.74, 6) is -1.46. The van der Waals surface area contributed by atoms with Gasteiger partial charge < -0.3 is 4.74 Å². The van der Waals surface area contributed by atoms with Gasteiger partial charge in [0.25, 0.3) is 0 Å². The first-order chi connectivity index (χ1) is 13.2. The monoisotopic (exact) mass is 519 g/mol. The average Bonchev–Trinajstić information content (AvgIpc) is 2.68. The van der Waals surface area contributed by atoms with Crippen molar-refractivity contribution in [2.45, 2.75) is 11.5 Å². The molecule has 0 saturated heterocycles. The summed E-state index contributed by atoms with van der Waals surface area (Å²) in [5.41, 5.74) is -0.499. The van der Waals surface area contributed by atoms with Crippen molar-refractivity contribution in [3.05, 3.63) is 63.4 Å². The number of fused-ring (bicyclic) bond motifs is 1. The standard InChI is InChI=1S/C19H11Br2F4NO2/c1-28-18(27)14-11-5-6-13(21)15(22)17(11)26-16(12(14)8-20)9-3-2-4-10(7-9)19(23,24)25/h2-7H,8H2,1H3. The average molecular weight is 521 g/mol. The maximum Gasteiger partial charge on any atom is 0.416 e. The number of halogens is 6. The number of esters is 1. The van der Waals surface area contributed by atoms with Gasteiger partial charge in [0.1, 0.15) is 5.52 Å². The highest BCUT2D eigenvalue weighted by atomic mass is 79.9. The Hall–Kier alpha value is -2.00. The molecule has 0 unspecified atom stereocenters. The number of carbonyl (C=O) groups is 1. The molecule has 0 atom stereocenters. The van der Waals surface area contributed by atoms with Crippen LogP contribution < -0.4 is 0 Å². The fourth-order valence-corrected chi connectivity index (χ4v) is 3.72. The van der Waals surface area contributed by atoms with Crippen LogP contribution in [0.5, 0.6) is 0 Å². The molecule has 0 bridgehead atoms. The molecule has 3 aromatic rings. The van der Waals surface area contributed by atoms with Gasteiger partial charge in [-0.2, -0.15) is 13.2 Å². The second-order valence-corrected chi connectivity index (χ2v) is 7.19. The van der Waals surface area contributed by atoms with Gasteiger partial charge in [0.2, 0.25) is 0 Å². The Bertz CT molecular complexity index is 1080. The number of hydrogen-bond acceptors (Lipinski definition) is 3. The van der Waals surface area contributed by atoms with E-state index in [1.807, 2.05) is 0 Å². The van der Waals surface area contributed by atoms with Crippen LogP contribution in [0, 0.1) is 5.82 Å². The van der Waals surface area contributed by atoms with Crippen LogP contribution in [-0.4, -0.2) is 18.1 Å². The summed E-state index contributed by atoms with van der Waals surface area (Å²) in [7, 11) is 1.17. The minimum absolute atomic E-state index is 0.0446. The van der Waals surface area contributed by atoms with Crippen molar-refractivity contribution in [2.24, 2.45) is 0 Å². The third-order valence-electron chi connectivity index (χ3n) is 4.14. The van der Waals surface area contributed by atoms with Crippen LogP contribution in [0.2, 0.25) is 0 Å². The van der Waals surface area contributed by atoms with Crippen molar-refractivity contribution in [3.63, 3.8) is 0 Å². The fourth-order valence-electron chi connectivity index (χ4n) is 2.86.